The summed E-state index contributed by atoms with van der Waals surface area (Å²) in [5.74, 6) is -0.960. The van der Waals surface area contributed by atoms with E-state index in [4.69, 9.17) is 11.5 Å². The Morgan fingerprint density at radius 3 is 2.84 bits per heavy atom. The quantitative estimate of drug-likeness (QED) is 0.353. The van der Waals surface area contributed by atoms with E-state index in [2.05, 4.69) is 15.3 Å². The van der Waals surface area contributed by atoms with Crippen molar-refractivity contribution >= 4 is 22.7 Å². The normalized spacial score (nSPS) is 12.4. The average Bonchev–Trinajstić information content (AvgIpc) is 2.55. The molecule has 0 amide bonds. The molecule has 10 nitrogen and oxygen atoms in total. The Bertz CT molecular complexity index is 859. The van der Waals surface area contributed by atoms with Crippen molar-refractivity contribution in [1.82, 2.24) is 19.9 Å². The maximum atomic E-state index is 12.1. The summed E-state index contributed by atoms with van der Waals surface area (Å²) < 4.78 is 1.26. The van der Waals surface area contributed by atoms with Crippen LogP contribution in [0.15, 0.2) is 21.9 Å². The average molecular weight is 350 g/mol. The van der Waals surface area contributed by atoms with E-state index >= 15 is 0 Å². The van der Waals surface area contributed by atoms with Gasteiger partial charge in [-0.1, -0.05) is 6.42 Å². The van der Waals surface area contributed by atoms with Gasteiger partial charge in [0.2, 0.25) is 0 Å². The number of fused-ring (bicyclic) bond motifs is 1. The molecule has 10 heteroatoms. The number of aromatic nitrogens is 3. The number of anilines is 1. The molecule has 7 N–H and O–H groups in total. The van der Waals surface area contributed by atoms with Crippen LogP contribution >= 0.6 is 0 Å². The predicted molar refractivity (Wildman–Crippen MR) is 93.4 cm³/mol. The molecule has 0 spiro atoms. The number of carbonyl (C=O) groups is 1. The van der Waals surface area contributed by atoms with E-state index in [1.165, 1.54) is 16.8 Å². The van der Waals surface area contributed by atoms with Crippen LogP contribution in [0, 0.1) is 0 Å². The number of hydrogen-bond donors (Lipinski definition) is 5. The molecule has 0 bridgehead atoms. The molecule has 0 unspecified atom stereocenters. The Morgan fingerprint density at radius 2 is 2.16 bits per heavy atom. The third kappa shape index (κ3) is 4.43. The number of pyridine rings is 1. The van der Waals surface area contributed by atoms with Crippen LogP contribution in [0.5, 0.6) is 0 Å². The highest BCUT2D eigenvalue weighted by molar-refractivity contribution is 5.86. The fourth-order valence-corrected chi connectivity index (χ4v) is 2.59. The summed E-state index contributed by atoms with van der Waals surface area (Å²) in [7, 11) is 0. The molecule has 0 aromatic carbocycles. The molecule has 0 radical (unpaired) electrons. The smallest absolute Gasteiger partial charge is 0.330 e. The van der Waals surface area contributed by atoms with Crippen LogP contribution in [0.4, 0.5) is 5.69 Å². The highest BCUT2D eigenvalue weighted by Crippen LogP contribution is 2.12. The molecule has 0 saturated heterocycles. The molecule has 136 valence electrons. The van der Waals surface area contributed by atoms with Crippen LogP contribution < -0.4 is 28.0 Å². The molecule has 2 rings (SSSR count). The van der Waals surface area contributed by atoms with Crippen LogP contribution in [0.25, 0.3) is 11.0 Å². The SMILES string of the molecule is NCCCC[C@H](NCCn1c(=O)[nH]c(=O)c2c(N)ccnc21)C(=O)O. The van der Waals surface area contributed by atoms with Gasteiger partial charge in [-0.2, -0.15) is 0 Å². The lowest BCUT2D eigenvalue weighted by molar-refractivity contribution is -0.139. The first-order chi connectivity index (χ1) is 12.0. The standard InChI is InChI=1S/C15H22N6O4/c16-5-2-1-3-10(14(23)24)18-7-8-21-12-11(9(17)4-6-19-12)13(22)20-15(21)25/h4,6,10,18H,1-3,5,7-8,16H2,(H2,17,19)(H,23,24)(H,20,22,25)/t10-/m0/s1. The first kappa shape index (κ1) is 18.6. The summed E-state index contributed by atoms with van der Waals surface area (Å²) in [4.78, 5) is 41.5. The number of aliphatic carboxylic acids is 1. The summed E-state index contributed by atoms with van der Waals surface area (Å²) in [6.07, 6.45) is 3.30. The van der Waals surface area contributed by atoms with Crippen LogP contribution in [0.3, 0.4) is 0 Å². The largest absolute Gasteiger partial charge is 0.480 e. The predicted octanol–water partition coefficient (Wildman–Crippen LogP) is -1.16. The molecule has 25 heavy (non-hydrogen) atoms. The third-order valence-corrected chi connectivity index (χ3v) is 3.88. The second-order valence-electron chi connectivity index (χ2n) is 5.64. The summed E-state index contributed by atoms with van der Waals surface area (Å²) in [6.45, 7) is 0.874. The van der Waals surface area contributed by atoms with Crippen molar-refractivity contribution in [1.29, 1.82) is 0 Å². The van der Waals surface area contributed by atoms with E-state index in [1.807, 2.05) is 0 Å². The van der Waals surface area contributed by atoms with Crippen LogP contribution in [-0.4, -0.2) is 44.7 Å². The number of carboxylic acids is 1. The molecule has 1 atom stereocenters. The molecule has 0 fully saturated rings. The van der Waals surface area contributed by atoms with E-state index in [-0.39, 0.29) is 29.8 Å². The maximum absolute atomic E-state index is 12.1. The van der Waals surface area contributed by atoms with Gasteiger partial charge in [-0.3, -0.25) is 19.1 Å². The van der Waals surface area contributed by atoms with Gasteiger partial charge in [-0.25, -0.2) is 9.78 Å². The Balaban J connectivity index is 2.15. The van der Waals surface area contributed by atoms with Gasteiger partial charge in [-0.15, -0.1) is 0 Å². The van der Waals surface area contributed by atoms with E-state index in [0.29, 0.717) is 19.4 Å². The van der Waals surface area contributed by atoms with Crippen molar-refractivity contribution in [2.75, 3.05) is 18.8 Å². The van der Waals surface area contributed by atoms with E-state index in [9.17, 15) is 19.5 Å². The van der Waals surface area contributed by atoms with E-state index in [0.717, 1.165) is 6.42 Å². The molecule has 2 heterocycles. The van der Waals surface area contributed by atoms with Gasteiger partial charge in [0, 0.05) is 25.0 Å². The lowest BCUT2D eigenvalue weighted by Crippen LogP contribution is -2.40. The molecule has 0 aliphatic rings. The number of unbranched alkanes of at least 4 members (excludes halogenated alkanes) is 1. The summed E-state index contributed by atoms with van der Waals surface area (Å²) in [5, 5.41) is 12.3. The number of nitrogens with one attached hydrogen (secondary N) is 2. The Hall–Kier alpha value is -2.72. The Labute approximate surface area is 142 Å². The van der Waals surface area contributed by atoms with E-state index < -0.39 is 23.3 Å². The molecule has 2 aromatic rings. The van der Waals surface area contributed by atoms with Gasteiger partial charge in [0.15, 0.2) is 5.65 Å². The van der Waals surface area contributed by atoms with E-state index in [1.54, 1.807) is 0 Å². The molecule has 0 aliphatic heterocycles. The van der Waals surface area contributed by atoms with Crippen molar-refractivity contribution < 1.29 is 9.90 Å². The topological polar surface area (TPSA) is 169 Å². The number of aromatic amines is 1. The highest BCUT2D eigenvalue weighted by Gasteiger charge is 2.16. The van der Waals surface area contributed by atoms with Gasteiger partial charge in [-0.05, 0) is 25.5 Å². The molecular formula is C15H22N6O4. The third-order valence-electron chi connectivity index (χ3n) is 3.88. The monoisotopic (exact) mass is 350 g/mol. The Morgan fingerprint density at radius 1 is 1.40 bits per heavy atom. The minimum Gasteiger partial charge on any atom is -0.480 e. The minimum absolute atomic E-state index is 0.139. The number of H-pyrrole nitrogens is 1. The second kappa shape index (κ2) is 8.40. The van der Waals surface area contributed by atoms with Gasteiger partial charge in [0.1, 0.15) is 11.4 Å². The first-order valence-corrected chi connectivity index (χ1v) is 7.99. The van der Waals surface area contributed by atoms with Gasteiger partial charge in [0.05, 0.1) is 0 Å². The van der Waals surface area contributed by atoms with Crippen molar-refractivity contribution in [3.63, 3.8) is 0 Å². The zero-order valence-corrected chi connectivity index (χ0v) is 13.7. The molecular weight excluding hydrogens is 328 g/mol. The number of nitrogens with zero attached hydrogens (tertiary/aromatic N) is 2. The fourth-order valence-electron chi connectivity index (χ4n) is 2.59. The molecule has 0 saturated carbocycles. The van der Waals surface area contributed by atoms with Crippen molar-refractivity contribution in [3.05, 3.63) is 33.1 Å². The van der Waals surface area contributed by atoms with Crippen LogP contribution in [0.2, 0.25) is 0 Å². The van der Waals surface area contributed by atoms with Crippen LogP contribution in [-0.2, 0) is 11.3 Å². The zero-order chi connectivity index (χ0) is 18.4. The highest BCUT2D eigenvalue weighted by atomic mass is 16.4. The van der Waals surface area contributed by atoms with Gasteiger partial charge < -0.3 is 21.9 Å². The number of nitrogens with two attached hydrogens (primary N) is 2. The van der Waals surface area contributed by atoms with Gasteiger partial charge in [0.25, 0.3) is 5.56 Å². The van der Waals surface area contributed by atoms with Crippen molar-refractivity contribution in [3.8, 4) is 0 Å². The van der Waals surface area contributed by atoms with Crippen molar-refractivity contribution in [2.24, 2.45) is 5.73 Å². The maximum Gasteiger partial charge on any atom is 0.330 e. The lowest BCUT2D eigenvalue weighted by atomic mass is 10.1. The second-order valence-corrected chi connectivity index (χ2v) is 5.64. The first-order valence-electron chi connectivity index (χ1n) is 7.99. The number of hydrogen-bond acceptors (Lipinski definition) is 7. The summed E-state index contributed by atoms with van der Waals surface area (Å²) in [5.41, 5.74) is 10.4. The van der Waals surface area contributed by atoms with Crippen molar-refractivity contribution in [2.45, 2.75) is 31.8 Å². The number of rotatable bonds is 9. The molecule has 2 aromatic heterocycles. The van der Waals surface area contributed by atoms with Crippen LogP contribution in [0.1, 0.15) is 19.3 Å². The summed E-state index contributed by atoms with van der Waals surface area (Å²) in [6, 6.07) is 0.747. The zero-order valence-electron chi connectivity index (χ0n) is 13.7. The fraction of sp³-hybridized carbons (Fsp3) is 0.467. The van der Waals surface area contributed by atoms with Gasteiger partial charge >= 0.3 is 11.7 Å². The Kier molecular flexibility index (Phi) is 6.25. The summed E-state index contributed by atoms with van der Waals surface area (Å²) >= 11 is 0. The number of carboxylic acid groups (broad SMARTS) is 1. The number of nitrogen functional groups attached to an aromatic ring is 1. The minimum atomic E-state index is -0.960. The lowest BCUT2D eigenvalue weighted by Gasteiger charge is -2.15. The molecule has 0 aliphatic carbocycles.